The molecule has 0 bridgehead atoms. The number of hydrogen-bond acceptors (Lipinski definition) is 3. The standard InChI is InChI=1S/C7H17N3/c8-4-1-2-6-10-7-3-5-9/h6H,1-5,7-9H2. The molecule has 0 saturated heterocycles. The van der Waals surface area contributed by atoms with Gasteiger partial charge in [-0.25, -0.2) is 0 Å². The molecule has 0 amide bonds. The Labute approximate surface area is 62.5 Å². The van der Waals surface area contributed by atoms with E-state index in [9.17, 15) is 0 Å². The van der Waals surface area contributed by atoms with Gasteiger partial charge >= 0.3 is 0 Å². The van der Waals surface area contributed by atoms with Gasteiger partial charge < -0.3 is 11.5 Å². The Morgan fingerprint density at radius 3 is 2.40 bits per heavy atom. The molecule has 0 aliphatic rings. The van der Waals surface area contributed by atoms with E-state index in [0.717, 1.165) is 38.9 Å². The summed E-state index contributed by atoms with van der Waals surface area (Å²) in [6.07, 6.45) is 4.95. The molecule has 0 radical (unpaired) electrons. The van der Waals surface area contributed by atoms with Crippen molar-refractivity contribution in [2.45, 2.75) is 19.3 Å². The minimum Gasteiger partial charge on any atom is -0.330 e. The van der Waals surface area contributed by atoms with Gasteiger partial charge in [-0.15, -0.1) is 0 Å². The van der Waals surface area contributed by atoms with E-state index in [2.05, 4.69) is 4.99 Å². The SMILES string of the molecule is NCCCC=NCCCN. The van der Waals surface area contributed by atoms with Crippen LogP contribution in [0.3, 0.4) is 0 Å². The highest BCUT2D eigenvalue weighted by molar-refractivity contribution is 5.56. The van der Waals surface area contributed by atoms with E-state index in [-0.39, 0.29) is 0 Å². The molecule has 0 unspecified atom stereocenters. The number of rotatable bonds is 6. The first-order valence-corrected chi connectivity index (χ1v) is 3.80. The van der Waals surface area contributed by atoms with Gasteiger partial charge in [-0.1, -0.05) is 0 Å². The molecule has 0 saturated carbocycles. The van der Waals surface area contributed by atoms with Crippen molar-refractivity contribution in [2.75, 3.05) is 19.6 Å². The van der Waals surface area contributed by atoms with Crippen LogP contribution in [0.25, 0.3) is 0 Å². The van der Waals surface area contributed by atoms with E-state index in [1.807, 2.05) is 6.21 Å². The first kappa shape index (κ1) is 9.59. The summed E-state index contributed by atoms with van der Waals surface area (Å²) in [5, 5.41) is 0. The lowest BCUT2D eigenvalue weighted by Crippen LogP contribution is -2.00. The van der Waals surface area contributed by atoms with Crippen molar-refractivity contribution >= 4 is 6.21 Å². The largest absolute Gasteiger partial charge is 0.330 e. The maximum atomic E-state index is 5.29. The van der Waals surface area contributed by atoms with E-state index in [4.69, 9.17) is 11.5 Å². The highest BCUT2D eigenvalue weighted by Gasteiger charge is 1.79. The minimum atomic E-state index is 0.730. The van der Waals surface area contributed by atoms with E-state index in [1.165, 1.54) is 0 Å². The van der Waals surface area contributed by atoms with Crippen LogP contribution >= 0.6 is 0 Å². The van der Waals surface area contributed by atoms with Crippen LogP contribution in [0.1, 0.15) is 19.3 Å². The lowest BCUT2D eigenvalue weighted by molar-refractivity contribution is 0.836. The topological polar surface area (TPSA) is 64.4 Å². The summed E-state index contributed by atoms with van der Waals surface area (Å²) >= 11 is 0. The summed E-state index contributed by atoms with van der Waals surface area (Å²) in [5.74, 6) is 0. The molecule has 0 aliphatic carbocycles. The zero-order valence-electron chi connectivity index (χ0n) is 6.42. The van der Waals surface area contributed by atoms with Gasteiger partial charge in [0, 0.05) is 6.54 Å². The quantitative estimate of drug-likeness (QED) is 0.410. The second kappa shape index (κ2) is 8.59. The molecule has 0 spiro atoms. The lowest BCUT2D eigenvalue weighted by atomic mass is 10.3. The average Bonchev–Trinajstić information content (AvgIpc) is 1.97. The van der Waals surface area contributed by atoms with Crippen molar-refractivity contribution in [2.24, 2.45) is 16.5 Å². The van der Waals surface area contributed by atoms with E-state index < -0.39 is 0 Å². The molecule has 10 heavy (non-hydrogen) atoms. The number of nitrogens with zero attached hydrogens (tertiary/aromatic N) is 1. The second-order valence-electron chi connectivity index (χ2n) is 2.16. The first-order chi connectivity index (χ1) is 4.91. The molecule has 0 aromatic heterocycles. The van der Waals surface area contributed by atoms with Gasteiger partial charge in [0.1, 0.15) is 0 Å². The zero-order valence-corrected chi connectivity index (χ0v) is 6.42. The number of hydrogen-bond donors (Lipinski definition) is 2. The third kappa shape index (κ3) is 7.59. The second-order valence-corrected chi connectivity index (χ2v) is 2.16. The Balaban J connectivity index is 2.89. The molecule has 0 rings (SSSR count). The van der Waals surface area contributed by atoms with Gasteiger partial charge in [-0.05, 0) is 38.6 Å². The van der Waals surface area contributed by atoms with Gasteiger partial charge in [0.15, 0.2) is 0 Å². The monoisotopic (exact) mass is 143 g/mol. The molecule has 0 aromatic rings. The van der Waals surface area contributed by atoms with Crippen LogP contribution in [0.4, 0.5) is 0 Å². The number of nitrogens with two attached hydrogens (primary N) is 2. The van der Waals surface area contributed by atoms with Gasteiger partial charge in [-0.3, -0.25) is 4.99 Å². The van der Waals surface area contributed by atoms with Crippen LogP contribution in [-0.4, -0.2) is 25.8 Å². The summed E-state index contributed by atoms with van der Waals surface area (Å²) in [5.41, 5.74) is 10.6. The fourth-order valence-electron chi connectivity index (χ4n) is 0.574. The van der Waals surface area contributed by atoms with E-state index >= 15 is 0 Å². The molecule has 0 aromatic carbocycles. The fraction of sp³-hybridized carbons (Fsp3) is 0.857. The smallest absolute Gasteiger partial charge is 0.0397 e. The van der Waals surface area contributed by atoms with Gasteiger partial charge in [0.2, 0.25) is 0 Å². The fourth-order valence-corrected chi connectivity index (χ4v) is 0.574. The normalized spacial score (nSPS) is 11.0. The van der Waals surface area contributed by atoms with Gasteiger partial charge in [-0.2, -0.15) is 0 Å². The molecule has 3 heteroatoms. The van der Waals surface area contributed by atoms with Gasteiger partial charge in [0.05, 0.1) is 0 Å². The maximum absolute atomic E-state index is 5.29. The molecule has 0 aliphatic heterocycles. The lowest BCUT2D eigenvalue weighted by Gasteiger charge is -1.90. The maximum Gasteiger partial charge on any atom is 0.0397 e. The van der Waals surface area contributed by atoms with Crippen LogP contribution in [0.2, 0.25) is 0 Å². The van der Waals surface area contributed by atoms with E-state index in [1.54, 1.807) is 0 Å². The van der Waals surface area contributed by atoms with Crippen molar-refractivity contribution in [3.8, 4) is 0 Å². The van der Waals surface area contributed by atoms with Crippen molar-refractivity contribution in [1.82, 2.24) is 0 Å². The predicted octanol–water partition coefficient (Wildman–Crippen LogP) is 0.145. The molecule has 0 fully saturated rings. The van der Waals surface area contributed by atoms with Crippen LogP contribution in [0.5, 0.6) is 0 Å². The van der Waals surface area contributed by atoms with Crippen molar-refractivity contribution in [3.05, 3.63) is 0 Å². The van der Waals surface area contributed by atoms with Crippen LogP contribution in [0, 0.1) is 0 Å². The molecule has 60 valence electrons. The third-order valence-electron chi connectivity index (χ3n) is 1.16. The molecule has 0 heterocycles. The minimum absolute atomic E-state index is 0.730. The van der Waals surface area contributed by atoms with E-state index in [0.29, 0.717) is 0 Å². The Hall–Kier alpha value is -0.410. The zero-order chi connectivity index (χ0) is 7.66. The van der Waals surface area contributed by atoms with Crippen LogP contribution in [0.15, 0.2) is 4.99 Å². The summed E-state index contributed by atoms with van der Waals surface area (Å²) in [4.78, 5) is 4.14. The average molecular weight is 143 g/mol. The number of aliphatic imine (C=N–C) groups is 1. The Morgan fingerprint density at radius 2 is 1.80 bits per heavy atom. The summed E-state index contributed by atoms with van der Waals surface area (Å²) in [6.45, 7) is 2.35. The molecule has 4 N–H and O–H groups in total. The highest BCUT2D eigenvalue weighted by atomic mass is 14.7. The Bertz CT molecular complexity index is 70.9. The molecular formula is C7H17N3. The summed E-state index contributed by atoms with van der Waals surface area (Å²) < 4.78 is 0. The number of unbranched alkanes of at least 4 members (excludes halogenated alkanes) is 1. The van der Waals surface area contributed by atoms with Crippen LogP contribution in [-0.2, 0) is 0 Å². The predicted molar refractivity (Wildman–Crippen MR) is 45.3 cm³/mol. The summed E-state index contributed by atoms with van der Waals surface area (Å²) in [7, 11) is 0. The van der Waals surface area contributed by atoms with Crippen LogP contribution < -0.4 is 11.5 Å². The molecule has 3 nitrogen and oxygen atoms in total. The Morgan fingerprint density at radius 1 is 1.10 bits per heavy atom. The highest BCUT2D eigenvalue weighted by Crippen LogP contribution is 1.82. The molecular weight excluding hydrogens is 126 g/mol. The van der Waals surface area contributed by atoms with Crippen molar-refractivity contribution < 1.29 is 0 Å². The molecule has 0 atom stereocenters. The Kier molecular flexibility index (Phi) is 8.24. The third-order valence-corrected chi connectivity index (χ3v) is 1.16. The first-order valence-electron chi connectivity index (χ1n) is 3.80. The van der Waals surface area contributed by atoms with Gasteiger partial charge in [0.25, 0.3) is 0 Å². The van der Waals surface area contributed by atoms with Crippen molar-refractivity contribution in [1.29, 1.82) is 0 Å². The summed E-state index contributed by atoms with van der Waals surface area (Å²) in [6, 6.07) is 0. The van der Waals surface area contributed by atoms with Crippen molar-refractivity contribution in [3.63, 3.8) is 0 Å².